The molecule has 0 nitrogen and oxygen atoms in total. The molecule has 0 amide bonds. The van der Waals surface area contributed by atoms with Gasteiger partial charge in [-0.25, -0.2) is 0 Å². The van der Waals surface area contributed by atoms with Crippen LogP contribution < -0.4 is 0 Å². The van der Waals surface area contributed by atoms with E-state index >= 15 is 0 Å². The van der Waals surface area contributed by atoms with Gasteiger partial charge in [0.25, 0.3) is 0 Å². The van der Waals surface area contributed by atoms with E-state index in [0.717, 1.165) is 12.8 Å². The molecule has 0 saturated heterocycles. The molecule has 93 heavy (non-hydrogen) atoms. The zero-order valence-electron chi connectivity index (χ0n) is 54.6. The molecule has 2 aliphatic carbocycles. The van der Waals surface area contributed by atoms with Crippen molar-refractivity contribution in [3.05, 3.63) is 300 Å². The molecule has 0 spiro atoms. The van der Waals surface area contributed by atoms with Crippen LogP contribution >= 0.6 is 0 Å². The first kappa shape index (κ1) is 56.8. The van der Waals surface area contributed by atoms with Crippen molar-refractivity contribution in [3.8, 4) is 89.0 Å². The first-order chi connectivity index (χ1) is 45.5. The third-order valence-electron chi connectivity index (χ3n) is 21.8. The largest absolute Gasteiger partial charge is 0.0654 e. The van der Waals surface area contributed by atoms with Crippen molar-refractivity contribution in [2.24, 2.45) is 0 Å². The molecule has 0 bridgehead atoms. The molecule has 0 N–H and O–H groups in total. The summed E-state index contributed by atoms with van der Waals surface area (Å²) in [7, 11) is 0. The molecule has 0 heteroatoms. The highest BCUT2D eigenvalue weighted by Gasteiger charge is 2.39. The zero-order chi connectivity index (χ0) is 62.9. The Kier molecular flexibility index (Phi) is 13.5. The number of hydrogen-bond donors (Lipinski definition) is 0. The van der Waals surface area contributed by atoms with Gasteiger partial charge in [-0.05, 0) is 249 Å². The van der Waals surface area contributed by atoms with Gasteiger partial charge in [0.05, 0.1) is 0 Å². The maximum absolute atomic E-state index is 2.54. The Labute approximate surface area is 547 Å². The predicted octanol–water partition coefficient (Wildman–Crippen LogP) is 26.2. The van der Waals surface area contributed by atoms with Gasteiger partial charge in [-0.1, -0.05) is 291 Å². The quantitative estimate of drug-likeness (QED) is 0.107. The molecule has 448 valence electrons. The zero-order valence-corrected chi connectivity index (χ0v) is 54.6. The minimum Gasteiger partial charge on any atom is -0.0654 e. The van der Waals surface area contributed by atoms with E-state index in [-0.39, 0.29) is 10.8 Å². The number of fused-ring (bicyclic) bond motifs is 12. The maximum atomic E-state index is 2.54. The molecule has 0 aromatic heterocycles. The Morgan fingerprint density at radius 1 is 0.247 bits per heavy atom. The minimum atomic E-state index is -0.246. The van der Waals surface area contributed by atoms with Crippen LogP contribution in [0.25, 0.3) is 154 Å². The summed E-state index contributed by atoms with van der Waals surface area (Å²) < 4.78 is 0. The molecule has 0 fully saturated rings. The molecule has 0 atom stereocenters. The summed E-state index contributed by atoms with van der Waals surface area (Å²) in [6, 6.07) is 101. The van der Waals surface area contributed by atoms with Crippen LogP contribution in [-0.2, 0) is 23.7 Å². The highest BCUT2D eigenvalue weighted by atomic mass is 14.4. The second-order valence-electron chi connectivity index (χ2n) is 27.9. The number of rotatable bonds is 12. The molecule has 0 aliphatic heterocycles. The van der Waals surface area contributed by atoms with Crippen LogP contribution in [0.2, 0.25) is 0 Å². The molecular formula is C93H76. The smallest absolute Gasteiger partial charge is 0.0159 e. The van der Waals surface area contributed by atoms with Gasteiger partial charge >= 0.3 is 0 Å². The standard InChI is InChI=1S/C93H76/c1-8-10-24-58-37-41-60(42-38-58)86-70-26-12-14-28-72(70)87(73-29-15-13-27-71(73)86)64-47-51-68-66-49-45-62(53-81(66)92(4,5)83(68)55-64)63-46-50-67-69-52-48-65(56-84(69)93(6,7)82(67)54-63)88-74-30-16-19-33-77(74)90(78-34-20-17-31-75(78)88)91-79-35-21-18-32-76(79)89(85-57(3)23-22-36-80(85)91)61-43-39-59(40-44-61)25-11-9-2/h12-23,26-56H,8-11,24-25H2,1-7H3. The molecule has 2 aliphatic rings. The SMILES string of the molecule is CCCCc1ccc(-c2c3ccccc3c(-c3ccc4c(c3)C(C)(C)c3cc(-c5ccc6c(c5)C(C)(C)c5cc(-c7c8ccccc8c(-c8c9ccccc9c(-c9ccc(CCCC)cc9)c9c(C)cccc89)c8ccccc78)ccc5-6)ccc3-4)c3ccccc23)cc1. The summed E-state index contributed by atoms with van der Waals surface area (Å²) >= 11 is 0. The molecule has 0 unspecified atom stereocenters. The van der Waals surface area contributed by atoms with Crippen molar-refractivity contribution in [2.75, 3.05) is 0 Å². The summed E-state index contributed by atoms with van der Waals surface area (Å²) in [5.74, 6) is 0. The van der Waals surface area contributed by atoms with Crippen LogP contribution in [0.15, 0.2) is 261 Å². The fourth-order valence-corrected chi connectivity index (χ4v) is 17.0. The van der Waals surface area contributed by atoms with Crippen LogP contribution in [0.4, 0.5) is 0 Å². The Morgan fingerprint density at radius 3 is 0.871 bits per heavy atom. The molecule has 15 aromatic carbocycles. The van der Waals surface area contributed by atoms with Gasteiger partial charge in [-0.2, -0.15) is 0 Å². The topological polar surface area (TPSA) is 0 Å². The van der Waals surface area contributed by atoms with Crippen molar-refractivity contribution in [2.45, 2.75) is 97.8 Å². The van der Waals surface area contributed by atoms with E-state index in [1.165, 1.54) is 218 Å². The minimum absolute atomic E-state index is 0.219. The van der Waals surface area contributed by atoms with Crippen LogP contribution in [-0.4, -0.2) is 0 Å². The van der Waals surface area contributed by atoms with Crippen molar-refractivity contribution < 1.29 is 0 Å². The summed E-state index contributed by atoms with van der Waals surface area (Å²) in [6.07, 6.45) is 7.06. The highest BCUT2D eigenvalue weighted by Crippen LogP contribution is 2.56. The van der Waals surface area contributed by atoms with Gasteiger partial charge in [0.15, 0.2) is 0 Å². The normalized spacial score (nSPS) is 13.5. The van der Waals surface area contributed by atoms with Gasteiger partial charge in [0.2, 0.25) is 0 Å². The van der Waals surface area contributed by atoms with Crippen LogP contribution in [0.3, 0.4) is 0 Å². The van der Waals surface area contributed by atoms with Crippen molar-refractivity contribution in [3.63, 3.8) is 0 Å². The van der Waals surface area contributed by atoms with E-state index in [9.17, 15) is 0 Å². The fourth-order valence-electron chi connectivity index (χ4n) is 17.0. The first-order valence-corrected chi connectivity index (χ1v) is 34.1. The van der Waals surface area contributed by atoms with Crippen LogP contribution in [0, 0.1) is 6.92 Å². The summed E-state index contributed by atoms with van der Waals surface area (Å²) in [4.78, 5) is 0. The molecule has 0 saturated carbocycles. The number of unbranched alkanes of at least 4 members (excludes halogenated alkanes) is 2. The van der Waals surface area contributed by atoms with Gasteiger partial charge in [0, 0.05) is 10.8 Å². The molecule has 0 heterocycles. The second kappa shape index (κ2) is 22.0. The van der Waals surface area contributed by atoms with Gasteiger partial charge in [-0.15, -0.1) is 0 Å². The Balaban J connectivity index is 0.733. The van der Waals surface area contributed by atoms with Crippen LogP contribution in [0.5, 0.6) is 0 Å². The lowest BCUT2D eigenvalue weighted by Gasteiger charge is -2.25. The Hall–Kier alpha value is -10.1. The van der Waals surface area contributed by atoms with Gasteiger partial charge < -0.3 is 0 Å². The average molecular weight is 1190 g/mol. The number of hydrogen-bond acceptors (Lipinski definition) is 0. The maximum Gasteiger partial charge on any atom is 0.0159 e. The van der Waals surface area contributed by atoms with Crippen molar-refractivity contribution in [1.29, 1.82) is 0 Å². The van der Waals surface area contributed by atoms with E-state index in [0.29, 0.717) is 0 Å². The summed E-state index contributed by atoms with van der Waals surface area (Å²) in [5, 5.41) is 15.4. The van der Waals surface area contributed by atoms with Gasteiger partial charge in [-0.3, -0.25) is 0 Å². The van der Waals surface area contributed by atoms with Gasteiger partial charge in [0.1, 0.15) is 0 Å². The Bertz CT molecular complexity index is 5460. The van der Waals surface area contributed by atoms with Crippen molar-refractivity contribution >= 4 is 64.6 Å². The van der Waals surface area contributed by atoms with E-state index in [1.54, 1.807) is 0 Å². The first-order valence-electron chi connectivity index (χ1n) is 34.1. The monoisotopic (exact) mass is 1190 g/mol. The lowest BCUT2D eigenvalue weighted by atomic mass is 9.78. The van der Waals surface area contributed by atoms with E-state index < -0.39 is 0 Å². The average Bonchev–Trinajstić information content (AvgIpc) is 1.53. The fraction of sp³-hybridized carbons (Fsp3) is 0.161. The summed E-state index contributed by atoms with van der Waals surface area (Å²) in [5.41, 5.74) is 29.9. The molecule has 17 rings (SSSR count). The highest BCUT2D eigenvalue weighted by molar-refractivity contribution is 6.30. The third kappa shape index (κ3) is 8.85. The lowest BCUT2D eigenvalue weighted by Crippen LogP contribution is -2.15. The third-order valence-corrected chi connectivity index (χ3v) is 21.8. The lowest BCUT2D eigenvalue weighted by molar-refractivity contribution is 0.660. The summed E-state index contributed by atoms with van der Waals surface area (Å²) in [6.45, 7) is 16.6. The van der Waals surface area contributed by atoms with E-state index in [4.69, 9.17) is 0 Å². The van der Waals surface area contributed by atoms with Crippen molar-refractivity contribution in [1.82, 2.24) is 0 Å². The Morgan fingerprint density at radius 2 is 0.516 bits per heavy atom. The predicted molar refractivity (Wildman–Crippen MR) is 401 cm³/mol. The molecular weight excluding hydrogens is 1120 g/mol. The van der Waals surface area contributed by atoms with Crippen LogP contribution in [0.1, 0.15) is 106 Å². The molecule has 15 aromatic rings. The second-order valence-corrected chi connectivity index (χ2v) is 27.9. The van der Waals surface area contributed by atoms with E-state index in [2.05, 4.69) is 309 Å². The number of aryl methyl sites for hydroxylation is 3. The molecule has 0 radical (unpaired) electrons. The van der Waals surface area contributed by atoms with E-state index in [1.807, 2.05) is 0 Å². The number of benzene rings is 15.